The fourth-order valence-electron chi connectivity index (χ4n) is 1.14. The minimum atomic E-state index is -1.20. The van der Waals surface area contributed by atoms with E-state index in [0.29, 0.717) is 0 Å². The smallest absolute Gasteiger partial charge is 0.410 e. The molecular formula is C8H6FNO3. The molecule has 1 aromatic rings. The molecule has 1 heterocycles. The van der Waals surface area contributed by atoms with Crippen molar-refractivity contribution < 1.29 is 19.0 Å². The summed E-state index contributed by atoms with van der Waals surface area (Å²) < 4.78 is 17.4. The Labute approximate surface area is 72.9 Å². The van der Waals surface area contributed by atoms with Gasteiger partial charge in [0, 0.05) is 5.56 Å². The Morgan fingerprint density at radius 3 is 3.08 bits per heavy atom. The summed E-state index contributed by atoms with van der Waals surface area (Å²) in [6, 6.07) is 3.57. The molecule has 1 amide bonds. The number of rotatable bonds is 0. The zero-order valence-corrected chi connectivity index (χ0v) is 6.45. The summed E-state index contributed by atoms with van der Waals surface area (Å²) in [6.07, 6.45) is -1.95. The number of aliphatic hydroxyl groups excluding tert-OH is 1. The van der Waals surface area contributed by atoms with Crippen LogP contribution in [0.3, 0.4) is 0 Å². The molecule has 5 heteroatoms. The fourth-order valence-corrected chi connectivity index (χ4v) is 1.14. The third kappa shape index (κ3) is 1.33. The average Bonchev–Trinajstić information content (AvgIpc) is 2.06. The van der Waals surface area contributed by atoms with Crippen LogP contribution in [0.5, 0.6) is 5.75 Å². The van der Waals surface area contributed by atoms with E-state index in [2.05, 4.69) is 10.1 Å². The van der Waals surface area contributed by atoms with Crippen molar-refractivity contribution in [2.75, 3.05) is 0 Å². The van der Waals surface area contributed by atoms with Crippen LogP contribution in [0.1, 0.15) is 11.8 Å². The first-order valence-electron chi connectivity index (χ1n) is 3.62. The van der Waals surface area contributed by atoms with E-state index in [0.717, 1.165) is 12.1 Å². The van der Waals surface area contributed by atoms with Crippen LogP contribution in [-0.4, -0.2) is 11.2 Å². The van der Waals surface area contributed by atoms with Gasteiger partial charge >= 0.3 is 6.09 Å². The highest BCUT2D eigenvalue weighted by atomic mass is 19.1. The molecular weight excluding hydrogens is 177 g/mol. The first kappa shape index (κ1) is 8.00. The van der Waals surface area contributed by atoms with E-state index >= 15 is 0 Å². The number of halogens is 1. The van der Waals surface area contributed by atoms with Gasteiger partial charge in [-0.25, -0.2) is 9.18 Å². The van der Waals surface area contributed by atoms with Gasteiger partial charge in [0.1, 0.15) is 11.6 Å². The summed E-state index contributed by atoms with van der Waals surface area (Å²) in [7, 11) is 0. The normalized spacial score (nSPS) is 20.2. The van der Waals surface area contributed by atoms with Crippen molar-refractivity contribution in [3.05, 3.63) is 29.6 Å². The van der Waals surface area contributed by atoms with E-state index in [1.807, 2.05) is 0 Å². The van der Waals surface area contributed by atoms with Crippen molar-refractivity contribution >= 4 is 6.09 Å². The van der Waals surface area contributed by atoms with Crippen molar-refractivity contribution in [1.82, 2.24) is 5.32 Å². The number of hydrogen-bond acceptors (Lipinski definition) is 3. The third-order valence-electron chi connectivity index (χ3n) is 1.72. The molecule has 1 unspecified atom stereocenters. The maximum absolute atomic E-state index is 12.7. The lowest BCUT2D eigenvalue weighted by Gasteiger charge is -2.21. The molecule has 0 spiro atoms. The van der Waals surface area contributed by atoms with Crippen molar-refractivity contribution in [1.29, 1.82) is 0 Å². The van der Waals surface area contributed by atoms with E-state index in [1.54, 1.807) is 0 Å². The Morgan fingerprint density at radius 1 is 1.54 bits per heavy atom. The van der Waals surface area contributed by atoms with Crippen LogP contribution in [0.15, 0.2) is 18.2 Å². The number of nitrogens with one attached hydrogen (secondary N) is 1. The molecule has 0 saturated heterocycles. The third-order valence-corrected chi connectivity index (χ3v) is 1.72. The van der Waals surface area contributed by atoms with Gasteiger partial charge in [0.25, 0.3) is 0 Å². The zero-order chi connectivity index (χ0) is 9.42. The molecule has 1 atom stereocenters. The summed E-state index contributed by atoms with van der Waals surface area (Å²) >= 11 is 0. The van der Waals surface area contributed by atoms with Gasteiger partial charge in [0.05, 0.1) is 0 Å². The Bertz CT molecular complexity index is 366. The SMILES string of the molecule is O=C1NC(O)c2cc(F)ccc2O1. The highest BCUT2D eigenvalue weighted by Gasteiger charge is 2.24. The first-order valence-corrected chi connectivity index (χ1v) is 3.62. The van der Waals surface area contributed by atoms with Gasteiger partial charge < -0.3 is 9.84 Å². The molecule has 2 rings (SSSR count). The highest BCUT2D eigenvalue weighted by Crippen LogP contribution is 2.27. The van der Waals surface area contributed by atoms with Crippen LogP contribution in [0.25, 0.3) is 0 Å². The quantitative estimate of drug-likeness (QED) is 0.628. The molecule has 0 aromatic heterocycles. The monoisotopic (exact) mass is 183 g/mol. The number of aliphatic hydroxyl groups is 1. The molecule has 1 aromatic carbocycles. The van der Waals surface area contributed by atoms with Crippen LogP contribution >= 0.6 is 0 Å². The van der Waals surface area contributed by atoms with Gasteiger partial charge in [-0.15, -0.1) is 0 Å². The molecule has 0 fully saturated rings. The minimum absolute atomic E-state index is 0.178. The molecule has 0 bridgehead atoms. The van der Waals surface area contributed by atoms with E-state index in [1.165, 1.54) is 6.07 Å². The predicted molar refractivity (Wildman–Crippen MR) is 40.5 cm³/mol. The number of carbonyl (C=O) groups excluding carboxylic acids is 1. The molecule has 0 radical (unpaired) electrons. The molecule has 13 heavy (non-hydrogen) atoms. The van der Waals surface area contributed by atoms with Gasteiger partial charge in [0.15, 0.2) is 6.23 Å². The topological polar surface area (TPSA) is 58.6 Å². The van der Waals surface area contributed by atoms with Crippen LogP contribution in [0, 0.1) is 5.82 Å². The van der Waals surface area contributed by atoms with E-state index < -0.39 is 18.1 Å². The number of hydrogen-bond donors (Lipinski definition) is 2. The molecule has 2 N–H and O–H groups in total. The van der Waals surface area contributed by atoms with Crippen molar-refractivity contribution in [2.24, 2.45) is 0 Å². The maximum atomic E-state index is 12.7. The van der Waals surface area contributed by atoms with Crippen LogP contribution in [0.4, 0.5) is 9.18 Å². The van der Waals surface area contributed by atoms with Gasteiger partial charge in [-0.1, -0.05) is 0 Å². The van der Waals surface area contributed by atoms with Gasteiger partial charge in [-0.3, -0.25) is 5.32 Å². The molecule has 4 nitrogen and oxygen atoms in total. The molecule has 0 aliphatic carbocycles. The van der Waals surface area contributed by atoms with Crippen molar-refractivity contribution in [3.8, 4) is 5.75 Å². The second-order valence-corrected chi connectivity index (χ2v) is 2.62. The van der Waals surface area contributed by atoms with Gasteiger partial charge in [0.2, 0.25) is 0 Å². The summed E-state index contributed by atoms with van der Waals surface area (Å²) in [5.74, 6) is -0.310. The lowest BCUT2D eigenvalue weighted by molar-refractivity contribution is 0.108. The average molecular weight is 183 g/mol. The largest absolute Gasteiger partial charge is 0.414 e. The highest BCUT2D eigenvalue weighted by molar-refractivity contribution is 5.73. The van der Waals surface area contributed by atoms with Crippen molar-refractivity contribution in [3.63, 3.8) is 0 Å². The molecule has 68 valence electrons. The van der Waals surface area contributed by atoms with Gasteiger partial charge in [-0.05, 0) is 18.2 Å². The van der Waals surface area contributed by atoms with Crippen LogP contribution in [-0.2, 0) is 0 Å². The lowest BCUT2D eigenvalue weighted by atomic mass is 10.1. The Kier molecular flexibility index (Phi) is 1.66. The number of ether oxygens (including phenoxy) is 1. The van der Waals surface area contributed by atoms with E-state index in [4.69, 9.17) is 0 Å². The molecule has 0 saturated carbocycles. The van der Waals surface area contributed by atoms with E-state index in [-0.39, 0.29) is 11.3 Å². The summed E-state index contributed by atoms with van der Waals surface area (Å²) in [5, 5.41) is 11.4. The minimum Gasteiger partial charge on any atom is -0.410 e. The number of amides is 1. The lowest BCUT2D eigenvalue weighted by Crippen LogP contribution is -2.35. The zero-order valence-electron chi connectivity index (χ0n) is 6.45. The predicted octanol–water partition coefficient (Wildman–Crippen LogP) is 0.919. The second kappa shape index (κ2) is 2.70. The van der Waals surface area contributed by atoms with E-state index in [9.17, 15) is 14.3 Å². The number of fused-ring (bicyclic) bond motifs is 1. The summed E-state index contributed by atoms with van der Waals surface area (Å²) in [4.78, 5) is 10.7. The second-order valence-electron chi connectivity index (χ2n) is 2.62. The Hall–Kier alpha value is -1.62. The Balaban J connectivity index is 2.49. The van der Waals surface area contributed by atoms with Crippen molar-refractivity contribution in [2.45, 2.75) is 6.23 Å². The van der Waals surface area contributed by atoms with Gasteiger partial charge in [-0.2, -0.15) is 0 Å². The van der Waals surface area contributed by atoms with Crippen LogP contribution < -0.4 is 10.1 Å². The first-order chi connectivity index (χ1) is 6.16. The fraction of sp³-hybridized carbons (Fsp3) is 0.125. The molecule has 1 aliphatic rings. The van der Waals surface area contributed by atoms with Crippen LogP contribution in [0.2, 0.25) is 0 Å². The Morgan fingerprint density at radius 2 is 2.31 bits per heavy atom. The summed E-state index contributed by atoms with van der Waals surface area (Å²) in [5.41, 5.74) is 0.222. The maximum Gasteiger partial charge on any atom is 0.414 e. The summed E-state index contributed by atoms with van der Waals surface area (Å²) in [6.45, 7) is 0. The molecule has 1 aliphatic heterocycles. The number of carbonyl (C=O) groups is 1. The number of benzene rings is 1. The standard InChI is InChI=1S/C8H6FNO3/c9-4-1-2-6-5(3-4)7(11)10-8(12)13-6/h1-3,7,11H,(H,10,12).